The van der Waals surface area contributed by atoms with Gasteiger partial charge in [-0.1, -0.05) is 48.0 Å². The number of carbonyl (C=O) groups excluding carboxylic acids is 3. The summed E-state index contributed by atoms with van der Waals surface area (Å²) in [5.41, 5.74) is 4.30. The van der Waals surface area contributed by atoms with Crippen molar-refractivity contribution >= 4 is 40.4 Å². The molecule has 3 amide bonds. The molecule has 0 aromatic heterocycles. The topological polar surface area (TPSA) is 69.7 Å². The first-order valence-electron chi connectivity index (χ1n) is 10.8. The van der Waals surface area contributed by atoms with Gasteiger partial charge >= 0.3 is 0 Å². The van der Waals surface area contributed by atoms with Crippen molar-refractivity contribution in [2.24, 2.45) is 0 Å². The van der Waals surface area contributed by atoms with Crippen LogP contribution in [0, 0.1) is 6.92 Å². The molecular formula is C27H25N3O3. The lowest BCUT2D eigenvalue weighted by molar-refractivity contribution is -0.120. The number of benzene rings is 3. The fourth-order valence-electron chi connectivity index (χ4n) is 3.96. The van der Waals surface area contributed by atoms with Crippen LogP contribution >= 0.6 is 0 Å². The van der Waals surface area contributed by atoms with Crippen molar-refractivity contribution in [3.05, 3.63) is 95.7 Å². The van der Waals surface area contributed by atoms with E-state index in [0.717, 1.165) is 11.3 Å². The predicted molar refractivity (Wildman–Crippen MR) is 131 cm³/mol. The fourth-order valence-corrected chi connectivity index (χ4v) is 3.96. The molecule has 0 saturated heterocycles. The zero-order valence-electron chi connectivity index (χ0n) is 18.8. The van der Waals surface area contributed by atoms with Gasteiger partial charge in [-0.15, -0.1) is 0 Å². The van der Waals surface area contributed by atoms with Crippen molar-refractivity contribution in [1.29, 1.82) is 0 Å². The Kier molecular flexibility index (Phi) is 6.09. The van der Waals surface area contributed by atoms with Crippen molar-refractivity contribution in [2.45, 2.75) is 20.8 Å². The molecule has 33 heavy (non-hydrogen) atoms. The Morgan fingerprint density at radius 3 is 2.09 bits per heavy atom. The number of nitrogens with one attached hydrogen (secondary N) is 1. The number of carbonyl (C=O) groups is 3. The Bertz CT molecular complexity index is 1230. The van der Waals surface area contributed by atoms with Gasteiger partial charge in [-0.25, -0.2) is 4.90 Å². The molecule has 0 radical (unpaired) electrons. The summed E-state index contributed by atoms with van der Waals surface area (Å²) < 4.78 is 0. The summed E-state index contributed by atoms with van der Waals surface area (Å²) >= 11 is 0. The molecule has 0 fully saturated rings. The fraction of sp³-hybridized carbons (Fsp3) is 0.148. The van der Waals surface area contributed by atoms with E-state index in [4.69, 9.17) is 0 Å². The molecule has 0 saturated carbocycles. The molecule has 3 aromatic carbocycles. The first kappa shape index (κ1) is 22.0. The van der Waals surface area contributed by atoms with E-state index >= 15 is 0 Å². The van der Waals surface area contributed by atoms with Gasteiger partial charge in [0.25, 0.3) is 11.8 Å². The number of para-hydroxylation sites is 1. The molecule has 166 valence electrons. The SMILES string of the molecule is CCN(C1=C(c2ccc(NC(C)=O)cc2)C(=O)N(c2ccc(C)cc2)C1=O)c1ccccc1. The van der Waals surface area contributed by atoms with E-state index in [-0.39, 0.29) is 17.7 Å². The largest absolute Gasteiger partial charge is 0.337 e. The highest BCUT2D eigenvalue weighted by atomic mass is 16.2. The van der Waals surface area contributed by atoms with E-state index in [9.17, 15) is 14.4 Å². The summed E-state index contributed by atoms with van der Waals surface area (Å²) in [6.45, 7) is 5.85. The number of aryl methyl sites for hydroxylation is 1. The molecule has 1 aliphatic heterocycles. The summed E-state index contributed by atoms with van der Waals surface area (Å²) in [6, 6.07) is 23.8. The number of likely N-dealkylation sites (N-methyl/N-ethyl adjacent to an activating group) is 1. The molecule has 1 N–H and O–H groups in total. The summed E-state index contributed by atoms with van der Waals surface area (Å²) in [7, 11) is 0. The Morgan fingerprint density at radius 1 is 0.879 bits per heavy atom. The van der Waals surface area contributed by atoms with Gasteiger partial charge in [0.15, 0.2) is 0 Å². The monoisotopic (exact) mass is 439 g/mol. The molecule has 3 aromatic rings. The molecule has 4 rings (SSSR count). The third kappa shape index (κ3) is 4.28. The molecule has 6 nitrogen and oxygen atoms in total. The van der Waals surface area contributed by atoms with Crippen LogP contribution < -0.4 is 15.1 Å². The maximum atomic E-state index is 13.7. The van der Waals surface area contributed by atoms with Gasteiger partial charge in [-0.05, 0) is 55.8 Å². The lowest BCUT2D eigenvalue weighted by atomic mass is 10.0. The highest BCUT2D eigenvalue weighted by Gasteiger charge is 2.42. The van der Waals surface area contributed by atoms with E-state index < -0.39 is 0 Å². The maximum Gasteiger partial charge on any atom is 0.282 e. The highest BCUT2D eigenvalue weighted by Crippen LogP contribution is 2.37. The molecular weight excluding hydrogens is 414 g/mol. The van der Waals surface area contributed by atoms with Crippen LogP contribution in [0.1, 0.15) is 25.0 Å². The molecule has 0 spiro atoms. The van der Waals surface area contributed by atoms with E-state index in [1.165, 1.54) is 11.8 Å². The van der Waals surface area contributed by atoms with Crippen LogP contribution in [0.25, 0.3) is 5.57 Å². The van der Waals surface area contributed by atoms with Gasteiger partial charge in [0, 0.05) is 24.8 Å². The van der Waals surface area contributed by atoms with E-state index in [1.54, 1.807) is 36.4 Å². The third-order valence-electron chi connectivity index (χ3n) is 5.50. The maximum absolute atomic E-state index is 13.7. The lowest BCUT2D eigenvalue weighted by Crippen LogP contribution is -2.35. The first-order valence-corrected chi connectivity index (χ1v) is 10.8. The predicted octanol–water partition coefficient (Wildman–Crippen LogP) is 4.76. The van der Waals surface area contributed by atoms with Crippen LogP contribution in [0.4, 0.5) is 17.1 Å². The van der Waals surface area contributed by atoms with E-state index in [1.807, 2.05) is 61.2 Å². The molecule has 0 aliphatic carbocycles. The van der Waals surface area contributed by atoms with Crippen LogP contribution in [-0.4, -0.2) is 24.3 Å². The Hall–Kier alpha value is -4.19. The van der Waals surface area contributed by atoms with Gasteiger partial charge in [0.1, 0.15) is 5.70 Å². The second-order valence-electron chi connectivity index (χ2n) is 7.84. The number of hydrogen-bond donors (Lipinski definition) is 1. The minimum Gasteiger partial charge on any atom is -0.337 e. The zero-order chi connectivity index (χ0) is 23.5. The second-order valence-corrected chi connectivity index (χ2v) is 7.84. The number of amides is 3. The standard InChI is InChI=1S/C27H25N3O3/c1-4-29(22-8-6-5-7-9-22)25-24(20-12-14-21(15-13-20)28-19(3)31)26(32)30(27(25)33)23-16-10-18(2)11-17-23/h5-17H,4H2,1-3H3,(H,28,31). The molecule has 1 heterocycles. The van der Waals surface area contributed by atoms with Gasteiger partial charge < -0.3 is 10.2 Å². The van der Waals surface area contributed by atoms with Crippen molar-refractivity contribution < 1.29 is 14.4 Å². The first-order chi connectivity index (χ1) is 15.9. The van der Waals surface area contributed by atoms with Gasteiger partial charge in [0.2, 0.25) is 5.91 Å². The molecule has 0 unspecified atom stereocenters. The quantitative estimate of drug-likeness (QED) is 0.562. The van der Waals surface area contributed by atoms with Gasteiger partial charge in [-0.2, -0.15) is 0 Å². The molecule has 0 bridgehead atoms. The molecule has 0 atom stereocenters. The summed E-state index contributed by atoms with van der Waals surface area (Å²) in [4.78, 5) is 41.9. The Morgan fingerprint density at radius 2 is 1.52 bits per heavy atom. The van der Waals surface area contributed by atoms with E-state index in [0.29, 0.717) is 34.8 Å². The van der Waals surface area contributed by atoms with Crippen LogP contribution in [-0.2, 0) is 14.4 Å². The van der Waals surface area contributed by atoms with Crippen LogP contribution in [0.3, 0.4) is 0 Å². The highest BCUT2D eigenvalue weighted by molar-refractivity contribution is 6.46. The number of nitrogens with zero attached hydrogens (tertiary/aromatic N) is 2. The zero-order valence-corrected chi connectivity index (χ0v) is 18.8. The van der Waals surface area contributed by atoms with Crippen molar-refractivity contribution in [1.82, 2.24) is 0 Å². The van der Waals surface area contributed by atoms with Crippen LogP contribution in [0.5, 0.6) is 0 Å². The average Bonchev–Trinajstić information content (AvgIpc) is 3.06. The minimum atomic E-state index is -0.375. The minimum absolute atomic E-state index is 0.179. The smallest absolute Gasteiger partial charge is 0.282 e. The summed E-state index contributed by atoms with van der Waals surface area (Å²) in [5, 5.41) is 2.73. The number of anilines is 3. The van der Waals surface area contributed by atoms with E-state index in [2.05, 4.69) is 5.32 Å². The van der Waals surface area contributed by atoms with Crippen molar-refractivity contribution in [3.8, 4) is 0 Å². The number of rotatable bonds is 6. The van der Waals surface area contributed by atoms with Crippen molar-refractivity contribution in [2.75, 3.05) is 21.7 Å². The summed E-state index contributed by atoms with van der Waals surface area (Å²) in [5.74, 6) is -0.919. The Balaban J connectivity index is 1.85. The summed E-state index contributed by atoms with van der Waals surface area (Å²) in [6.07, 6.45) is 0. The normalized spacial score (nSPS) is 13.5. The van der Waals surface area contributed by atoms with Crippen molar-refractivity contribution in [3.63, 3.8) is 0 Å². The van der Waals surface area contributed by atoms with Gasteiger partial charge in [-0.3, -0.25) is 14.4 Å². The number of imide groups is 1. The Labute approximate surface area is 193 Å². The number of hydrogen-bond acceptors (Lipinski definition) is 4. The third-order valence-corrected chi connectivity index (χ3v) is 5.50. The second kappa shape index (κ2) is 9.12. The molecule has 1 aliphatic rings. The van der Waals surface area contributed by atoms with Crippen LogP contribution in [0.15, 0.2) is 84.6 Å². The van der Waals surface area contributed by atoms with Gasteiger partial charge in [0.05, 0.1) is 11.3 Å². The lowest BCUT2D eigenvalue weighted by Gasteiger charge is -2.25. The van der Waals surface area contributed by atoms with Crippen LogP contribution in [0.2, 0.25) is 0 Å². The average molecular weight is 440 g/mol. The molecule has 6 heteroatoms.